The fourth-order valence-corrected chi connectivity index (χ4v) is 4.90. The Labute approximate surface area is 194 Å². The lowest BCUT2D eigenvalue weighted by Gasteiger charge is -2.37. The van der Waals surface area contributed by atoms with Gasteiger partial charge >= 0.3 is 0 Å². The van der Waals surface area contributed by atoms with Crippen LogP contribution in [0.15, 0.2) is 59.4 Å². The molecular formula is C26H31N3O2S. The molecule has 1 heterocycles. The Morgan fingerprint density at radius 1 is 1.16 bits per heavy atom. The molecule has 4 rings (SSSR count). The molecule has 32 heavy (non-hydrogen) atoms. The summed E-state index contributed by atoms with van der Waals surface area (Å²) in [5, 5.41) is 5.18. The number of aromatic amines is 1. The average Bonchev–Trinajstić information content (AvgIpc) is 2.83. The first kappa shape index (κ1) is 22.3. The summed E-state index contributed by atoms with van der Waals surface area (Å²) in [5.41, 5.74) is 2.64. The van der Waals surface area contributed by atoms with Crippen LogP contribution in [-0.2, 0) is 6.54 Å². The van der Waals surface area contributed by atoms with E-state index in [0.717, 1.165) is 29.5 Å². The maximum absolute atomic E-state index is 12.9. The molecule has 0 aliphatic heterocycles. The maximum Gasteiger partial charge on any atom is 0.253 e. The summed E-state index contributed by atoms with van der Waals surface area (Å²) in [6.07, 6.45) is 5.86. The van der Waals surface area contributed by atoms with Crippen LogP contribution in [0.1, 0.15) is 56.2 Å². The molecule has 1 fully saturated rings. The van der Waals surface area contributed by atoms with Crippen molar-refractivity contribution in [1.82, 2.24) is 15.2 Å². The molecule has 2 N–H and O–H groups in total. The van der Waals surface area contributed by atoms with Crippen LogP contribution in [0.3, 0.4) is 0 Å². The van der Waals surface area contributed by atoms with E-state index in [4.69, 9.17) is 17.0 Å². The molecule has 168 valence electrons. The van der Waals surface area contributed by atoms with Crippen LogP contribution in [0.5, 0.6) is 5.75 Å². The monoisotopic (exact) mass is 449 g/mol. The second-order valence-electron chi connectivity index (χ2n) is 8.58. The average molecular weight is 450 g/mol. The lowest BCUT2D eigenvalue weighted by atomic mass is 9.94. The number of hydrogen-bond acceptors (Lipinski definition) is 3. The van der Waals surface area contributed by atoms with Gasteiger partial charge in [-0.25, -0.2) is 0 Å². The Kier molecular flexibility index (Phi) is 7.10. The minimum atomic E-state index is -0.0672. The van der Waals surface area contributed by atoms with E-state index >= 15 is 0 Å². The van der Waals surface area contributed by atoms with Gasteiger partial charge < -0.3 is 19.9 Å². The van der Waals surface area contributed by atoms with Crippen LogP contribution < -0.4 is 15.6 Å². The molecule has 0 unspecified atom stereocenters. The molecular weight excluding hydrogens is 418 g/mol. The number of methoxy groups -OCH3 is 1. The minimum Gasteiger partial charge on any atom is -0.497 e. The second-order valence-corrected chi connectivity index (χ2v) is 8.97. The number of thiocarbonyl (C=S) groups is 1. The number of hydrogen-bond donors (Lipinski definition) is 2. The van der Waals surface area contributed by atoms with Gasteiger partial charge in [0.05, 0.1) is 19.7 Å². The van der Waals surface area contributed by atoms with Crippen molar-refractivity contribution in [2.45, 2.75) is 57.7 Å². The quantitative estimate of drug-likeness (QED) is 0.500. The third kappa shape index (κ3) is 5.13. The number of pyridine rings is 1. The van der Waals surface area contributed by atoms with Gasteiger partial charge in [0.25, 0.3) is 5.56 Å². The number of nitrogens with one attached hydrogen (secondary N) is 2. The van der Waals surface area contributed by atoms with E-state index in [2.05, 4.69) is 34.3 Å². The number of ether oxygens (including phenoxy) is 1. The molecule has 6 heteroatoms. The Hall–Kier alpha value is -2.86. The molecule has 0 radical (unpaired) electrons. The van der Waals surface area contributed by atoms with Gasteiger partial charge in [-0.3, -0.25) is 4.79 Å². The third-order valence-electron chi connectivity index (χ3n) is 6.38. The van der Waals surface area contributed by atoms with E-state index in [1.807, 2.05) is 42.5 Å². The number of fused-ring (bicyclic) bond motifs is 1. The number of H-pyrrole nitrogens is 1. The summed E-state index contributed by atoms with van der Waals surface area (Å²) in [4.78, 5) is 18.1. The predicted molar refractivity (Wildman–Crippen MR) is 134 cm³/mol. The number of aromatic nitrogens is 1. The molecule has 1 aliphatic carbocycles. The van der Waals surface area contributed by atoms with Crippen molar-refractivity contribution in [1.29, 1.82) is 0 Å². The summed E-state index contributed by atoms with van der Waals surface area (Å²) in [6, 6.07) is 18.4. The van der Waals surface area contributed by atoms with Crippen molar-refractivity contribution in [3.05, 3.63) is 76.1 Å². The first-order valence-electron chi connectivity index (χ1n) is 11.4. The van der Waals surface area contributed by atoms with Crippen molar-refractivity contribution in [2.75, 3.05) is 7.11 Å². The van der Waals surface area contributed by atoms with Crippen LogP contribution in [0.25, 0.3) is 10.9 Å². The summed E-state index contributed by atoms with van der Waals surface area (Å²) >= 11 is 5.89. The maximum atomic E-state index is 12.9. The van der Waals surface area contributed by atoms with E-state index in [1.54, 1.807) is 7.11 Å². The van der Waals surface area contributed by atoms with E-state index in [0.29, 0.717) is 23.3 Å². The van der Waals surface area contributed by atoms with Gasteiger partial charge in [-0.1, -0.05) is 49.6 Å². The molecule has 0 amide bonds. The zero-order chi connectivity index (χ0) is 22.5. The highest BCUT2D eigenvalue weighted by Crippen LogP contribution is 2.26. The summed E-state index contributed by atoms with van der Waals surface area (Å²) in [7, 11) is 1.65. The highest BCUT2D eigenvalue weighted by atomic mass is 32.1. The molecule has 2 aromatic carbocycles. The molecule has 1 atom stereocenters. The van der Waals surface area contributed by atoms with Gasteiger partial charge in [-0.15, -0.1) is 0 Å². The van der Waals surface area contributed by atoms with Gasteiger partial charge in [-0.2, -0.15) is 0 Å². The molecule has 1 aliphatic rings. The Morgan fingerprint density at radius 3 is 2.62 bits per heavy atom. The van der Waals surface area contributed by atoms with Gasteiger partial charge in [0, 0.05) is 22.5 Å². The van der Waals surface area contributed by atoms with E-state index in [9.17, 15) is 4.79 Å². The molecule has 5 nitrogen and oxygen atoms in total. The van der Waals surface area contributed by atoms with E-state index in [1.165, 1.54) is 24.8 Å². The number of benzene rings is 2. The van der Waals surface area contributed by atoms with Gasteiger partial charge in [-0.05, 0) is 61.8 Å². The zero-order valence-electron chi connectivity index (χ0n) is 18.8. The highest BCUT2D eigenvalue weighted by Gasteiger charge is 2.25. The van der Waals surface area contributed by atoms with Gasteiger partial charge in [0.1, 0.15) is 5.75 Å². The Bertz CT molecular complexity index is 1120. The van der Waals surface area contributed by atoms with Crippen LogP contribution in [0.2, 0.25) is 0 Å². The standard InChI is InChI=1S/C26H31N3O2S/c1-18(19-9-5-3-6-10-19)27-26(32)29(22-11-7-4-8-12-22)17-21-15-20-16-23(31-2)13-14-24(20)28-25(21)30/h3,5-6,9-10,13-16,18,22H,4,7-8,11-12,17H2,1-2H3,(H,27,32)(H,28,30)/t18-/m0/s1. The number of rotatable bonds is 6. The smallest absolute Gasteiger partial charge is 0.253 e. The molecule has 1 aromatic heterocycles. The van der Waals surface area contributed by atoms with E-state index in [-0.39, 0.29) is 11.6 Å². The number of nitrogens with zero attached hydrogens (tertiary/aromatic N) is 1. The summed E-state index contributed by atoms with van der Waals surface area (Å²) < 4.78 is 5.36. The van der Waals surface area contributed by atoms with Crippen molar-refractivity contribution >= 4 is 28.2 Å². The van der Waals surface area contributed by atoms with Crippen molar-refractivity contribution in [3.8, 4) is 5.75 Å². The van der Waals surface area contributed by atoms with Gasteiger partial charge in [0.15, 0.2) is 5.11 Å². The molecule has 0 saturated heterocycles. The Morgan fingerprint density at radius 2 is 1.91 bits per heavy atom. The first-order valence-corrected chi connectivity index (χ1v) is 11.8. The molecule has 0 bridgehead atoms. The fourth-order valence-electron chi connectivity index (χ4n) is 4.51. The largest absolute Gasteiger partial charge is 0.497 e. The van der Waals surface area contributed by atoms with Crippen LogP contribution in [0, 0.1) is 0 Å². The lowest BCUT2D eigenvalue weighted by molar-refractivity contribution is 0.233. The predicted octanol–water partition coefficient (Wildman–Crippen LogP) is 5.31. The van der Waals surface area contributed by atoms with Crippen LogP contribution in [-0.4, -0.2) is 28.1 Å². The first-order chi connectivity index (χ1) is 15.5. The topological polar surface area (TPSA) is 57.4 Å². The lowest BCUT2D eigenvalue weighted by Crippen LogP contribution is -2.47. The highest BCUT2D eigenvalue weighted by molar-refractivity contribution is 7.80. The summed E-state index contributed by atoms with van der Waals surface area (Å²) in [5.74, 6) is 0.772. The summed E-state index contributed by atoms with van der Waals surface area (Å²) in [6.45, 7) is 2.61. The van der Waals surface area contributed by atoms with Crippen LogP contribution in [0.4, 0.5) is 0 Å². The van der Waals surface area contributed by atoms with Crippen molar-refractivity contribution in [3.63, 3.8) is 0 Å². The van der Waals surface area contributed by atoms with Crippen LogP contribution >= 0.6 is 12.2 Å². The third-order valence-corrected chi connectivity index (χ3v) is 6.74. The van der Waals surface area contributed by atoms with Crippen molar-refractivity contribution < 1.29 is 4.74 Å². The zero-order valence-corrected chi connectivity index (χ0v) is 19.6. The minimum absolute atomic E-state index is 0.0672. The fraction of sp³-hybridized carbons (Fsp3) is 0.385. The van der Waals surface area contributed by atoms with E-state index < -0.39 is 0 Å². The van der Waals surface area contributed by atoms with Gasteiger partial charge in [0.2, 0.25) is 0 Å². The molecule has 1 saturated carbocycles. The van der Waals surface area contributed by atoms with Crippen molar-refractivity contribution in [2.24, 2.45) is 0 Å². The Balaban J connectivity index is 1.61. The normalized spacial score (nSPS) is 15.3. The SMILES string of the molecule is COc1ccc2[nH]c(=O)c(CN(C(=S)N[C@@H](C)c3ccccc3)C3CCCCC3)cc2c1. The second kappa shape index (κ2) is 10.2. The molecule has 0 spiro atoms. The molecule has 3 aromatic rings.